The Morgan fingerprint density at radius 2 is 2.16 bits per heavy atom. The van der Waals surface area contributed by atoms with Crippen molar-refractivity contribution in [3.63, 3.8) is 0 Å². The van der Waals surface area contributed by atoms with E-state index in [1.807, 2.05) is 6.07 Å². The minimum atomic E-state index is 0.742. The number of benzene rings is 1. The fourth-order valence-electron chi connectivity index (χ4n) is 2.97. The molecule has 19 heavy (non-hydrogen) atoms. The maximum absolute atomic E-state index is 5.65. The number of nitrogens with one attached hydrogen (secondary N) is 1. The molecule has 0 bridgehead atoms. The van der Waals surface area contributed by atoms with Crippen LogP contribution in [0.1, 0.15) is 11.3 Å². The van der Waals surface area contributed by atoms with Gasteiger partial charge in [-0.2, -0.15) is 0 Å². The molecule has 4 nitrogen and oxygen atoms in total. The van der Waals surface area contributed by atoms with E-state index in [2.05, 4.69) is 22.0 Å². The number of aromatic nitrogens is 1. The minimum absolute atomic E-state index is 0.742. The van der Waals surface area contributed by atoms with Crippen LogP contribution in [0.3, 0.4) is 0 Å². The summed E-state index contributed by atoms with van der Waals surface area (Å²) in [6, 6.07) is 6.29. The first kappa shape index (κ1) is 12.5. The van der Waals surface area contributed by atoms with Crippen molar-refractivity contribution in [2.24, 2.45) is 5.73 Å². The zero-order chi connectivity index (χ0) is 13.2. The fraction of sp³-hybridized carbons (Fsp3) is 0.467. The van der Waals surface area contributed by atoms with E-state index >= 15 is 0 Å². The second-order valence-electron chi connectivity index (χ2n) is 5.12. The van der Waals surface area contributed by atoms with E-state index in [1.165, 1.54) is 22.2 Å². The summed E-state index contributed by atoms with van der Waals surface area (Å²) >= 11 is 0. The third-order valence-electron chi connectivity index (χ3n) is 4.00. The van der Waals surface area contributed by atoms with Crippen molar-refractivity contribution in [3.8, 4) is 5.75 Å². The quantitative estimate of drug-likeness (QED) is 0.879. The van der Waals surface area contributed by atoms with Gasteiger partial charge in [-0.15, -0.1) is 0 Å². The average Bonchev–Trinajstić information content (AvgIpc) is 2.66. The number of nitrogens with zero attached hydrogens (tertiary/aromatic N) is 1. The van der Waals surface area contributed by atoms with Crippen LogP contribution >= 0.6 is 0 Å². The summed E-state index contributed by atoms with van der Waals surface area (Å²) in [6.07, 6.45) is 2.17. The Balaban J connectivity index is 1.92. The largest absolute Gasteiger partial charge is 0.497 e. The second kappa shape index (κ2) is 5.23. The van der Waals surface area contributed by atoms with Crippen molar-refractivity contribution in [2.75, 3.05) is 33.3 Å². The number of methoxy groups -OCH3 is 1. The highest BCUT2D eigenvalue weighted by Gasteiger charge is 2.17. The van der Waals surface area contributed by atoms with Gasteiger partial charge in [0.2, 0.25) is 0 Å². The van der Waals surface area contributed by atoms with E-state index in [1.54, 1.807) is 7.11 Å². The summed E-state index contributed by atoms with van der Waals surface area (Å²) in [7, 11) is 1.71. The first-order valence-electron chi connectivity index (χ1n) is 6.91. The highest BCUT2D eigenvalue weighted by molar-refractivity contribution is 5.86. The van der Waals surface area contributed by atoms with Crippen molar-refractivity contribution >= 4 is 10.9 Å². The molecule has 0 amide bonds. The zero-order valence-electron chi connectivity index (χ0n) is 11.4. The molecular weight excluding hydrogens is 238 g/mol. The molecule has 1 aromatic heterocycles. The number of nitrogens with two attached hydrogens (primary N) is 1. The van der Waals surface area contributed by atoms with Gasteiger partial charge in [0, 0.05) is 55.3 Å². The molecule has 0 radical (unpaired) electrons. The lowest BCUT2D eigenvalue weighted by atomic mass is 10.1. The van der Waals surface area contributed by atoms with Gasteiger partial charge in [-0.3, -0.25) is 0 Å². The first-order valence-corrected chi connectivity index (χ1v) is 6.91. The molecule has 0 fully saturated rings. The SMILES string of the molecule is COc1ccc2c3c([nH]c2c1)CCN(CCN)CC3. The Bertz CT molecular complexity index is 576. The maximum atomic E-state index is 5.65. The van der Waals surface area contributed by atoms with E-state index in [0.717, 1.165) is 44.8 Å². The van der Waals surface area contributed by atoms with Gasteiger partial charge in [0.25, 0.3) is 0 Å². The number of hydrogen-bond acceptors (Lipinski definition) is 3. The van der Waals surface area contributed by atoms with Crippen molar-refractivity contribution in [1.29, 1.82) is 0 Å². The summed E-state index contributed by atoms with van der Waals surface area (Å²) in [6.45, 7) is 3.93. The molecule has 0 saturated carbocycles. The lowest BCUT2D eigenvalue weighted by molar-refractivity contribution is 0.295. The van der Waals surface area contributed by atoms with Gasteiger partial charge in [-0.25, -0.2) is 0 Å². The zero-order valence-corrected chi connectivity index (χ0v) is 11.4. The summed E-state index contributed by atoms with van der Waals surface area (Å²) in [4.78, 5) is 6.00. The molecule has 1 aliphatic rings. The predicted octanol–water partition coefficient (Wildman–Crippen LogP) is 1.54. The van der Waals surface area contributed by atoms with Gasteiger partial charge >= 0.3 is 0 Å². The molecule has 0 spiro atoms. The topological polar surface area (TPSA) is 54.3 Å². The molecule has 4 heteroatoms. The van der Waals surface area contributed by atoms with Crippen molar-refractivity contribution in [1.82, 2.24) is 9.88 Å². The molecule has 0 atom stereocenters. The first-order chi connectivity index (χ1) is 9.31. The Morgan fingerprint density at radius 3 is 2.95 bits per heavy atom. The van der Waals surface area contributed by atoms with E-state index in [0.29, 0.717) is 0 Å². The summed E-state index contributed by atoms with van der Waals surface area (Å²) < 4.78 is 5.29. The lowest BCUT2D eigenvalue weighted by Crippen LogP contribution is -2.31. The standard InChI is InChI=1S/C15H21N3O/c1-19-11-2-3-12-13-4-7-18(9-6-16)8-5-14(13)17-15(12)10-11/h2-3,10,17H,4-9,16H2,1H3. The highest BCUT2D eigenvalue weighted by atomic mass is 16.5. The van der Waals surface area contributed by atoms with Crippen LogP contribution in [0.5, 0.6) is 5.75 Å². The molecular formula is C15H21N3O. The number of ether oxygens (including phenoxy) is 1. The normalized spacial score (nSPS) is 16.3. The second-order valence-corrected chi connectivity index (χ2v) is 5.12. The van der Waals surface area contributed by atoms with Gasteiger partial charge in [0.05, 0.1) is 7.11 Å². The van der Waals surface area contributed by atoms with Gasteiger partial charge in [0.1, 0.15) is 5.75 Å². The average molecular weight is 259 g/mol. The summed E-state index contributed by atoms with van der Waals surface area (Å²) in [5.74, 6) is 0.911. The van der Waals surface area contributed by atoms with Crippen LogP contribution in [0.25, 0.3) is 10.9 Å². The Kier molecular flexibility index (Phi) is 3.44. The number of hydrogen-bond donors (Lipinski definition) is 2. The number of fused-ring (bicyclic) bond motifs is 3. The van der Waals surface area contributed by atoms with Crippen LogP contribution in [-0.4, -0.2) is 43.2 Å². The molecule has 0 aliphatic carbocycles. The Labute approximate surface area is 113 Å². The predicted molar refractivity (Wildman–Crippen MR) is 77.8 cm³/mol. The van der Waals surface area contributed by atoms with Crippen LogP contribution in [-0.2, 0) is 12.8 Å². The molecule has 102 valence electrons. The Hall–Kier alpha value is -1.52. The van der Waals surface area contributed by atoms with Gasteiger partial charge in [-0.05, 0) is 24.1 Å². The van der Waals surface area contributed by atoms with Gasteiger partial charge in [-0.1, -0.05) is 0 Å². The molecule has 0 unspecified atom stereocenters. The molecule has 1 aromatic carbocycles. The van der Waals surface area contributed by atoms with Crippen molar-refractivity contribution < 1.29 is 4.74 Å². The van der Waals surface area contributed by atoms with Crippen molar-refractivity contribution in [2.45, 2.75) is 12.8 Å². The Morgan fingerprint density at radius 1 is 1.32 bits per heavy atom. The minimum Gasteiger partial charge on any atom is -0.497 e. The maximum Gasteiger partial charge on any atom is 0.120 e. The lowest BCUT2D eigenvalue weighted by Gasteiger charge is -2.18. The van der Waals surface area contributed by atoms with Gasteiger partial charge < -0.3 is 20.4 Å². The third-order valence-corrected chi connectivity index (χ3v) is 4.00. The van der Waals surface area contributed by atoms with Crippen LogP contribution in [0.4, 0.5) is 0 Å². The molecule has 0 saturated heterocycles. The third kappa shape index (κ3) is 2.33. The van der Waals surface area contributed by atoms with E-state index in [9.17, 15) is 0 Å². The molecule has 1 aliphatic heterocycles. The molecule has 2 heterocycles. The van der Waals surface area contributed by atoms with Crippen LogP contribution in [0, 0.1) is 0 Å². The number of rotatable bonds is 3. The van der Waals surface area contributed by atoms with E-state index < -0.39 is 0 Å². The number of aromatic amines is 1. The highest BCUT2D eigenvalue weighted by Crippen LogP contribution is 2.28. The monoisotopic (exact) mass is 259 g/mol. The smallest absolute Gasteiger partial charge is 0.120 e. The van der Waals surface area contributed by atoms with E-state index in [4.69, 9.17) is 10.5 Å². The van der Waals surface area contributed by atoms with Crippen molar-refractivity contribution in [3.05, 3.63) is 29.5 Å². The fourth-order valence-corrected chi connectivity index (χ4v) is 2.97. The van der Waals surface area contributed by atoms with E-state index in [-0.39, 0.29) is 0 Å². The van der Waals surface area contributed by atoms with Crippen LogP contribution < -0.4 is 10.5 Å². The number of H-pyrrole nitrogens is 1. The molecule has 3 N–H and O–H groups in total. The van der Waals surface area contributed by atoms with Gasteiger partial charge in [0.15, 0.2) is 0 Å². The summed E-state index contributed by atoms with van der Waals surface area (Å²) in [5.41, 5.74) is 9.69. The molecule has 3 rings (SSSR count). The summed E-state index contributed by atoms with van der Waals surface area (Å²) in [5, 5.41) is 1.34. The van der Waals surface area contributed by atoms with Crippen LogP contribution in [0.2, 0.25) is 0 Å². The van der Waals surface area contributed by atoms with Crippen LogP contribution in [0.15, 0.2) is 18.2 Å². The molecule has 2 aromatic rings.